The molecular weight excluding hydrogens is 277 g/mol. The molecule has 0 spiro atoms. The van der Waals surface area contributed by atoms with E-state index < -0.39 is 23.4 Å². The van der Waals surface area contributed by atoms with Crippen molar-refractivity contribution >= 4 is 17.7 Å². The number of hydrogen-bond donors (Lipinski definition) is 3. The monoisotopic (exact) mass is 295 g/mol. The minimum Gasteiger partial charge on any atom is -0.478 e. The first kappa shape index (κ1) is 15.2. The topological polar surface area (TPSA) is 81.7 Å². The molecule has 1 atom stereocenters. The van der Waals surface area contributed by atoms with Crippen LogP contribution in [0, 0.1) is 5.82 Å². The average molecular weight is 295 g/mol. The summed E-state index contributed by atoms with van der Waals surface area (Å²) < 4.78 is 13.5. The fraction of sp³-hybridized carbons (Fsp3) is 0.429. The molecule has 7 heteroatoms. The molecule has 0 radical (unpaired) electrons. The minimum absolute atomic E-state index is 0.0558. The quantitative estimate of drug-likeness (QED) is 0.790. The number of aromatic carboxylic acids is 1. The second-order valence-corrected chi connectivity index (χ2v) is 5.08. The zero-order chi connectivity index (χ0) is 15.4. The van der Waals surface area contributed by atoms with Gasteiger partial charge in [0.25, 0.3) is 0 Å². The van der Waals surface area contributed by atoms with Crippen LogP contribution < -0.4 is 10.6 Å². The van der Waals surface area contributed by atoms with Crippen molar-refractivity contribution in [3.63, 3.8) is 0 Å². The summed E-state index contributed by atoms with van der Waals surface area (Å²) in [6, 6.07) is 3.49. The van der Waals surface area contributed by atoms with E-state index in [-0.39, 0.29) is 11.7 Å². The number of carboxylic acid groups (broad SMARTS) is 1. The van der Waals surface area contributed by atoms with Gasteiger partial charge in [0.1, 0.15) is 11.4 Å². The van der Waals surface area contributed by atoms with E-state index in [9.17, 15) is 14.0 Å². The molecule has 1 aromatic carbocycles. The molecule has 1 heterocycles. The highest BCUT2D eigenvalue weighted by Gasteiger charge is 2.22. The number of carbonyl (C=O) groups is 2. The number of likely N-dealkylation sites (N-methyl/N-ethyl adjacent to an activating group) is 1. The molecule has 2 amide bonds. The molecule has 114 valence electrons. The summed E-state index contributed by atoms with van der Waals surface area (Å²) in [5.74, 6) is -2.30. The predicted octanol–water partition coefficient (Wildman–Crippen LogP) is 1.74. The van der Waals surface area contributed by atoms with Gasteiger partial charge in [0, 0.05) is 12.6 Å². The second-order valence-electron chi connectivity index (χ2n) is 5.08. The maximum Gasteiger partial charge on any atom is 0.340 e. The fourth-order valence-corrected chi connectivity index (χ4v) is 2.46. The standard InChI is InChI=1S/C14H18FN3O3/c1-18-7-3-4-9(18)8-16-14(21)17-11-6-2-5-10(15)12(11)13(19)20/h2,5-6,9H,3-4,7-8H2,1H3,(H,19,20)(H2,16,17,21). The van der Waals surface area contributed by atoms with Crippen LogP contribution in [0.1, 0.15) is 23.2 Å². The van der Waals surface area contributed by atoms with Gasteiger partial charge in [0.15, 0.2) is 0 Å². The highest BCUT2D eigenvalue weighted by atomic mass is 19.1. The number of urea groups is 1. The molecule has 0 bridgehead atoms. The van der Waals surface area contributed by atoms with E-state index in [1.807, 2.05) is 7.05 Å². The molecule has 0 aliphatic carbocycles. The normalized spacial score (nSPS) is 18.5. The number of halogens is 1. The van der Waals surface area contributed by atoms with Gasteiger partial charge in [-0.3, -0.25) is 0 Å². The van der Waals surface area contributed by atoms with Gasteiger partial charge in [0.05, 0.1) is 5.69 Å². The molecular formula is C14H18FN3O3. The Hall–Kier alpha value is -2.15. The minimum atomic E-state index is -1.42. The zero-order valence-corrected chi connectivity index (χ0v) is 11.7. The molecule has 1 unspecified atom stereocenters. The molecule has 21 heavy (non-hydrogen) atoms. The van der Waals surface area contributed by atoms with Gasteiger partial charge < -0.3 is 20.6 Å². The van der Waals surface area contributed by atoms with E-state index in [0.717, 1.165) is 25.5 Å². The predicted molar refractivity (Wildman–Crippen MR) is 76.0 cm³/mol. The molecule has 0 saturated carbocycles. The number of amides is 2. The van der Waals surface area contributed by atoms with Crippen molar-refractivity contribution in [2.24, 2.45) is 0 Å². The number of nitrogens with zero attached hydrogens (tertiary/aromatic N) is 1. The van der Waals surface area contributed by atoms with Gasteiger partial charge in [-0.15, -0.1) is 0 Å². The number of likely N-dealkylation sites (tertiary alicyclic amines) is 1. The van der Waals surface area contributed by atoms with Gasteiger partial charge in [-0.2, -0.15) is 0 Å². The highest BCUT2D eigenvalue weighted by molar-refractivity contribution is 6.00. The zero-order valence-electron chi connectivity index (χ0n) is 11.7. The smallest absolute Gasteiger partial charge is 0.340 e. The molecule has 1 fully saturated rings. The maximum atomic E-state index is 13.5. The Kier molecular flexibility index (Phi) is 4.74. The van der Waals surface area contributed by atoms with Crippen molar-refractivity contribution in [2.75, 3.05) is 25.5 Å². The van der Waals surface area contributed by atoms with Crippen molar-refractivity contribution in [3.8, 4) is 0 Å². The first-order chi connectivity index (χ1) is 9.99. The van der Waals surface area contributed by atoms with Gasteiger partial charge in [-0.1, -0.05) is 6.07 Å². The van der Waals surface area contributed by atoms with Crippen LogP contribution in [0.15, 0.2) is 18.2 Å². The van der Waals surface area contributed by atoms with Crippen molar-refractivity contribution in [1.29, 1.82) is 0 Å². The molecule has 1 aliphatic rings. The van der Waals surface area contributed by atoms with Gasteiger partial charge in [-0.05, 0) is 38.6 Å². The second kappa shape index (κ2) is 6.53. The number of benzene rings is 1. The first-order valence-electron chi connectivity index (χ1n) is 6.76. The number of hydrogen-bond acceptors (Lipinski definition) is 3. The van der Waals surface area contributed by atoms with Crippen LogP contribution in [0.4, 0.5) is 14.9 Å². The lowest BCUT2D eigenvalue weighted by Gasteiger charge is -2.20. The molecule has 3 N–H and O–H groups in total. The Balaban J connectivity index is 1.97. The van der Waals surface area contributed by atoms with Crippen molar-refractivity contribution in [2.45, 2.75) is 18.9 Å². The number of rotatable bonds is 4. The third-order valence-corrected chi connectivity index (χ3v) is 3.65. The van der Waals surface area contributed by atoms with E-state index in [0.29, 0.717) is 6.54 Å². The molecule has 6 nitrogen and oxygen atoms in total. The van der Waals surface area contributed by atoms with Gasteiger partial charge in [0.2, 0.25) is 0 Å². The van der Waals surface area contributed by atoms with E-state index in [1.54, 1.807) is 0 Å². The van der Waals surface area contributed by atoms with Crippen LogP contribution in [0.2, 0.25) is 0 Å². The Labute approximate surface area is 121 Å². The third-order valence-electron chi connectivity index (χ3n) is 3.65. The van der Waals surface area contributed by atoms with Crippen molar-refractivity contribution in [3.05, 3.63) is 29.6 Å². The number of nitrogens with one attached hydrogen (secondary N) is 2. The van der Waals surface area contributed by atoms with Crippen molar-refractivity contribution in [1.82, 2.24) is 10.2 Å². The molecule has 1 aliphatic heterocycles. The number of carbonyl (C=O) groups excluding carboxylic acids is 1. The third kappa shape index (κ3) is 3.69. The van der Waals surface area contributed by atoms with Gasteiger partial charge in [-0.25, -0.2) is 14.0 Å². The van der Waals surface area contributed by atoms with Crippen LogP contribution >= 0.6 is 0 Å². The molecule has 1 saturated heterocycles. The lowest BCUT2D eigenvalue weighted by Crippen LogP contribution is -2.40. The van der Waals surface area contributed by atoms with Crippen molar-refractivity contribution < 1.29 is 19.1 Å². The van der Waals surface area contributed by atoms with E-state index in [2.05, 4.69) is 15.5 Å². The summed E-state index contributed by atoms with van der Waals surface area (Å²) in [6.07, 6.45) is 2.11. The summed E-state index contributed by atoms with van der Waals surface area (Å²) >= 11 is 0. The number of anilines is 1. The Morgan fingerprint density at radius 1 is 1.48 bits per heavy atom. The molecule has 2 rings (SSSR count). The van der Waals surface area contributed by atoms with Crippen LogP contribution in [0.25, 0.3) is 0 Å². The summed E-state index contributed by atoms with van der Waals surface area (Å²) in [4.78, 5) is 25.0. The first-order valence-corrected chi connectivity index (χ1v) is 6.76. The lowest BCUT2D eigenvalue weighted by atomic mass is 10.1. The largest absolute Gasteiger partial charge is 0.478 e. The SMILES string of the molecule is CN1CCCC1CNC(=O)Nc1cccc(F)c1C(=O)O. The Bertz CT molecular complexity index is 550. The Morgan fingerprint density at radius 2 is 2.24 bits per heavy atom. The maximum absolute atomic E-state index is 13.5. The van der Waals surface area contributed by atoms with E-state index >= 15 is 0 Å². The summed E-state index contributed by atoms with van der Waals surface area (Å²) in [5, 5.41) is 14.0. The summed E-state index contributed by atoms with van der Waals surface area (Å²) in [7, 11) is 1.99. The van der Waals surface area contributed by atoms with E-state index in [1.165, 1.54) is 12.1 Å². The Morgan fingerprint density at radius 3 is 2.86 bits per heavy atom. The van der Waals surface area contributed by atoms with Crippen LogP contribution in [0.5, 0.6) is 0 Å². The summed E-state index contributed by atoms with van der Waals surface area (Å²) in [5.41, 5.74) is -0.592. The summed E-state index contributed by atoms with van der Waals surface area (Å²) in [6.45, 7) is 1.47. The lowest BCUT2D eigenvalue weighted by molar-refractivity contribution is 0.0693. The van der Waals surface area contributed by atoms with Crippen LogP contribution in [-0.4, -0.2) is 48.2 Å². The van der Waals surface area contributed by atoms with Crippen LogP contribution in [0.3, 0.4) is 0 Å². The van der Waals surface area contributed by atoms with Gasteiger partial charge >= 0.3 is 12.0 Å². The highest BCUT2D eigenvalue weighted by Crippen LogP contribution is 2.19. The number of carboxylic acids is 1. The van der Waals surface area contributed by atoms with E-state index in [4.69, 9.17) is 5.11 Å². The molecule has 0 aromatic heterocycles. The average Bonchev–Trinajstić information content (AvgIpc) is 2.81. The fourth-order valence-electron chi connectivity index (χ4n) is 2.46. The van der Waals surface area contributed by atoms with Crippen LogP contribution in [-0.2, 0) is 0 Å². The molecule has 1 aromatic rings.